The van der Waals surface area contributed by atoms with Crippen LogP contribution in [-0.4, -0.2) is 49.9 Å². The largest absolute Gasteiger partial charge is 0.484 e. The minimum absolute atomic E-state index is 0. The minimum atomic E-state index is -0.359. The number of amidine groups is 1. The first-order valence-corrected chi connectivity index (χ1v) is 8.39. The van der Waals surface area contributed by atoms with E-state index in [1.807, 2.05) is 24.3 Å². The van der Waals surface area contributed by atoms with Gasteiger partial charge in [0.05, 0.1) is 13.5 Å². The van der Waals surface area contributed by atoms with Crippen LogP contribution in [0.4, 0.5) is 0 Å². The summed E-state index contributed by atoms with van der Waals surface area (Å²) >= 11 is 0. The van der Waals surface area contributed by atoms with E-state index >= 15 is 0 Å². The lowest BCUT2D eigenvalue weighted by molar-refractivity contribution is -0.141. The summed E-state index contributed by atoms with van der Waals surface area (Å²) in [5.74, 6) is 0.0330. The number of nitrogens with two attached hydrogens (primary N) is 1. The van der Waals surface area contributed by atoms with Gasteiger partial charge < -0.3 is 20.1 Å². The lowest BCUT2D eigenvalue weighted by Gasteiger charge is -2.16. The second kappa shape index (κ2) is 10.9. The molecule has 3 N–H and O–H groups in total. The monoisotopic (exact) mass is 405 g/mol. The molecule has 2 rings (SSSR count). The fourth-order valence-corrected chi connectivity index (χ4v) is 2.33. The van der Waals surface area contributed by atoms with Crippen LogP contribution in [0.3, 0.4) is 0 Å². The first-order chi connectivity index (χ1) is 12.9. The van der Waals surface area contributed by atoms with Gasteiger partial charge in [0, 0.05) is 19.2 Å². The molecule has 28 heavy (non-hydrogen) atoms. The molecule has 0 saturated heterocycles. The Hall–Kier alpha value is -3.06. The summed E-state index contributed by atoms with van der Waals surface area (Å²) in [6.07, 6.45) is 0.149. The van der Waals surface area contributed by atoms with Crippen molar-refractivity contribution >= 4 is 30.1 Å². The van der Waals surface area contributed by atoms with E-state index in [4.69, 9.17) is 15.9 Å². The van der Waals surface area contributed by atoms with Crippen molar-refractivity contribution < 1.29 is 19.1 Å². The van der Waals surface area contributed by atoms with E-state index in [0.29, 0.717) is 11.3 Å². The van der Waals surface area contributed by atoms with Crippen LogP contribution in [0.15, 0.2) is 48.5 Å². The number of amides is 1. The van der Waals surface area contributed by atoms with Crippen molar-refractivity contribution in [3.8, 4) is 16.9 Å². The number of likely N-dealkylation sites (N-methyl/N-ethyl adjacent to an activating group) is 1. The Kier molecular flexibility index (Phi) is 8.98. The molecular weight excluding hydrogens is 382 g/mol. The van der Waals surface area contributed by atoms with Crippen molar-refractivity contribution in [2.75, 3.05) is 27.3 Å². The minimum Gasteiger partial charge on any atom is -0.484 e. The molecule has 2 aromatic rings. The Balaban J connectivity index is 0.00000392. The van der Waals surface area contributed by atoms with E-state index < -0.39 is 0 Å². The van der Waals surface area contributed by atoms with Crippen molar-refractivity contribution in [1.82, 2.24) is 4.90 Å². The number of nitrogens with zero attached hydrogens (tertiary/aromatic N) is 1. The third kappa shape index (κ3) is 6.59. The Morgan fingerprint density at radius 3 is 2.07 bits per heavy atom. The van der Waals surface area contributed by atoms with Crippen LogP contribution in [0.1, 0.15) is 12.0 Å². The smallest absolute Gasteiger partial charge is 0.307 e. The van der Waals surface area contributed by atoms with Gasteiger partial charge >= 0.3 is 5.97 Å². The van der Waals surface area contributed by atoms with Gasteiger partial charge in [-0.2, -0.15) is 0 Å². The number of carbonyl (C=O) groups is 2. The fraction of sp³-hybridized carbons (Fsp3) is 0.250. The van der Waals surface area contributed by atoms with Crippen molar-refractivity contribution in [2.24, 2.45) is 5.73 Å². The molecule has 8 heteroatoms. The van der Waals surface area contributed by atoms with E-state index in [1.54, 1.807) is 31.3 Å². The molecule has 0 radical (unpaired) electrons. The average Bonchev–Trinajstić information content (AvgIpc) is 2.70. The summed E-state index contributed by atoms with van der Waals surface area (Å²) < 4.78 is 10.1. The molecule has 2 aromatic carbocycles. The zero-order chi connectivity index (χ0) is 19.8. The second-order valence-corrected chi connectivity index (χ2v) is 5.95. The second-order valence-electron chi connectivity index (χ2n) is 5.95. The summed E-state index contributed by atoms with van der Waals surface area (Å²) in [4.78, 5) is 24.6. The Labute approximate surface area is 170 Å². The number of carbonyl (C=O) groups excluding carboxylic acids is 2. The first-order valence-electron chi connectivity index (χ1n) is 8.39. The number of methoxy groups -OCH3 is 1. The molecule has 1 amide bonds. The number of hydrogen-bond acceptors (Lipinski definition) is 5. The number of hydrogen-bond donors (Lipinski definition) is 2. The van der Waals surface area contributed by atoms with Crippen LogP contribution < -0.4 is 10.5 Å². The molecule has 0 aliphatic heterocycles. The molecule has 7 nitrogen and oxygen atoms in total. The number of nitrogens with one attached hydrogen (secondary N) is 1. The number of esters is 1. The molecule has 0 heterocycles. The van der Waals surface area contributed by atoms with Crippen LogP contribution in [0.5, 0.6) is 5.75 Å². The summed E-state index contributed by atoms with van der Waals surface area (Å²) in [6.45, 7) is 0.175. The number of nitrogen functional groups attached to an aromatic ring is 1. The molecule has 0 bridgehead atoms. The van der Waals surface area contributed by atoms with Gasteiger partial charge in [-0.05, 0) is 23.3 Å². The third-order valence-corrected chi connectivity index (χ3v) is 4.05. The van der Waals surface area contributed by atoms with Gasteiger partial charge in [-0.1, -0.05) is 36.4 Å². The predicted octanol–water partition coefficient (Wildman–Crippen LogP) is 2.46. The zero-order valence-corrected chi connectivity index (χ0v) is 16.6. The van der Waals surface area contributed by atoms with Gasteiger partial charge in [0.25, 0.3) is 5.91 Å². The highest BCUT2D eigenvalue weighted by Crippen LogP contribution is 2.22. The summed E-state index contributed by atoms with van der Waals surface area (Å²) in [7, 11) is 2.93. The Bertz CT molecular complexity index is 807. The van der Waals surface area contributed by atoms with Gasteiger partial charge in [-0.15, -0.1) is 12.4 Å². The normalized spacial score (nSPS) is 9.79. The molecule has 0 aliphatic carbocycles. The molecule has 150 valence electrons. The highest BCUT2D eigenvalue weighted by atomic mass is 35.5. The van der Waals surface area contributed by atoms with E-state index in [-0.39, 0.29) is 49.7 Å². The average molecular weight is 406 g/mol. The van der Waals surface area contributed by atoms with Gasteiger partial charge in [-0.25, -0.2) is 0 Å². The lowest BCUT2D eigenvalue weighted by atomic mass is 10.0. The van der Waals surface area contributed by atoms with Gasteiger partial charge in [0.15, 0.2) is 6.61 Å². The fourth-order valence-electron chi connectivity index (χ4n) is 2.33. The van der Waals surface area contributed by atoms with Crippen molar-refractivity contribution in [1.29, 1.82) is 5.41 Å². The molecule has 0 atom stereocenters. The van der Waals surface area contributed by atoms with Crippen LogP contribution in [0.2, 0.25) is 0 Å². The topological polar surface area (TPSA) is 106 Å². The van der Waals surface area contributed by atoms with E-state index in [1.165, 1.54) is 12.0 Å². The van der Waals surface area contributed by atoms with Crippen LogP contribution in [-0.2, 0) is 14.3 Å². The van der Waals surface area contributed by atoms with Crippen LogP contribution >= 0.6 is 12.4 Å². The highest BCUT2D eigenvalue weighted by Gasteiger charge is 2.11. The maximum Gasteiger partial charge on any atom is 0.307 e. The molecule has 0 fully saturated rings. The number of halogens is 1. The quantitative estimate of drug-likeness (QED) is 0.398. The van der Waals surface area contributed by atoms with Crippen molar-refractivity contribution in [3.63, 3.8) is 0 Å². The van der Waals surface area contributed by atoms with Gasteiger partial charge in [0.1, 0.15) is 11.6 Å². The van der Waals surface area contributed by atoms with Gasteiger partial charge in [0.2, 0.25) is 0 Å². The third-order valence-electron chi connectivity index (χ3n) is 4.05. The Morgan fingerprint density at radius 1 is 1.04 bits per heavy atom. The number of benzene rings is 2. The number of rotatable bonds is 8. The summed E-state index contributed by atoms with van der Waals surface area (Å²) in [6, 6.07) is 14.7. The first kappa shape index (κ1) is 23.0. The van der Waals surface area contributed by atoms with Crippen LogP contribution in [0.25, 0.3) is 11.1 Å². The SMILES string of the molecule is COC(=O)CCN(C)C(=O)COc1ccc(-c2ccc(C(=N)N)cc2)cc1.Cl. The number of ether oxygens (including phenoxy) is 2. The van der Waals surface area contributed by atoms with Crippen molar-refractivity contribution in [3.05, 3.63) is 54.1 Å². The predicted molar refractivity (Wildman–Crippen MR) is 110 cm³/mol. The standard InChI is InChI=1S/C20H23N3O4.ClH/c1-23(12-11-19(25)26-2)18(24)13-27-17-9-7-15(8-10-17)14-3-5-16(6-4-14)20(21)22;/h3-10H,11-13H2,1-2H3,(H3,21,22);1H. The zero-order valence-electron chi connectivity index (χ0n) is 15.8. The molecule has 0 spiro atoms. The maximum absolute atomic E-state index is 12.0. The van der Waals surface area contributed by atoms with E-state index in [0.717, 1.165) is 11.1 Å². The van der Waals surface area contributed by atoms with E-state index in [2.05, 4.69) is 4.74 Å². The Morgan fingerprint density at radius 2 is 1.57 bits per heavy atom. The van der Waals surface area contributed by atoms with Crippen molar-refractivity contribution in [2.45, 2.75) is 6.42 Å². The van der Waals surface area contributed by atoms with E-state index in [9.17, 15) is 9.59 Å². The highest BCUT2D eigenvalue weighted by molar-refractivity contribution is 5.95. The molecular formula is C20H24ClN3O4. The molecule has 0 aliphatic rings. The maximum atomic E-state index is 12.0. The molecule has 0 unspecified atom stereocenters. The van der Waals surface area contributed by atoms with Gasteiger partial charge in [-0.3, -0.25) is 15.0 Å². The lowest BCUT2D eigenvalue weighted by Crippen LogP contribution is -2.33. The summed E-state index contributed by atoms with van der Waals surface area (Å²) in [5, 5.41) is 7.41. The molecule has 0 saturated carbocycles. The molecule has 0 aromatic heterocycles. The summed E-state index contributed by atoms with van der Waals surface area (Å²) in [5.41, 5.74) is 8.11. The van der Waals surface area contributed by atoms with Crippen LogP contribution in [0, 0.1) is 5.41 Å².